The van der Waals surface area contributed by atoms with E-state index in [1.54, 1.807) is 23.1 Å². The monoisotopic (exact) mass is 434 g/mol. The Morgan fingerprint density at radius 1 is 1.03 bits per heavy atom. The first-order valence-corrected chi connectivity index (χ1v) is 10.6. The van der Waals surface area contributed by atoms with Crippen LogP contribution in [0, 0.1) is 13.8 Å². The minimum atomic E-state index is -0.597. The molecule has 156 valence electrons. The summed E-state index contributed by atoms with van der Waals surface area (Å²) in [6.07, 6.45) is 0.701. The van der Waals surface area contributed by atoms with Crippen molar-refractivity contribution in [2.75, 3.05) is 6.54 Å². The molecule has 0 radical (unpaired) electrons. The molecule has 4 nitrogen and oxygen atoms in total. The Morgan fingerprint density at radius 2 is 1.62 bits per heavy atom. The SMILES string of the molecule is CCNC(=O)C(CC)N(Cc1c(Cl)cccc1Cl)C(=O)Cc1cc(C)cc(C)c1. The average Bonchev–Trinajstić information content (AvgIpc) is 2.63. The number of carbonyl (C=O) groups excluding carboxylic acids is 2. The number of amides is 2. The van der Waals surface area contributed by atoms with Crippen molar-refractivity contribution in [3.05, 3.63) is 68.7 Å². The molecule has 0 aliphatic heterocycles. The fourth-order valence-electron chi connectivity index (χ4n) is 3.51. The lowest BCUT2D eigenvalue weighted by Gasteiger charge is -2.31. The summed E-state index contributed by atoms with van der Waals surface area (Å²) in [6.45, 7) is 8.44. The molecule has 0 fully saturated rings. The Kier molecular flexibility index (Phi) is 8.54. The van der Waals surface area contributed by atoms with Gasteiger partial charge < -0.3 is 10.2 Å². The fraction of sp³-hybridized carbons (Fsp3) is 0.391. The molecular formula is C23H28Cl2N2O2. The number of nitrogens with zero attached hydrogens (tertiary/aromatic N) is 1. The van der Waals surface area contributed by atoms with E-state index in [0.717, 1.165) is 16.7 Å². The minimum absolute atomic E-state index is 0.135. The zero-order valence-corrected chi connectivity index (χ0v) is 18.9. The highest BCUT2D eigenvalue weighted by Gasteiger charge is 2.29. The Labute approximate surface area is 183 Å². The van der Waals surface area contributed by atoms with Gasteiger partial charge in [-0.1, -0.05) is 65.5 Å². The standard InChI is InChI=1S/C23H28Cl2N2O2/c1-5-21(23(29)26-6-2)27(14-18-19(24)8-7-9-20(18)25)22(28)13-17-11-15(3)10-16(4)12-17/h7-12,21H,5-6,13-14H2,1-4H3,(H,26,29). The van der Waals surface area contributed by atoms with Gasteiger partial charge in [0, 0.05) is 28.7 Å². The summed E-state index contributed by atoms with van der Waals surface area (Å²) < 4.78 is 0. The lowest BCUT2D eigenvalue weighted by Crippen LogP contribution is -2.49. The van der Waals surface area contributed by atoms with Crippen LogP contribution in [0.25, 0.3) is 0 Å². The lowest BCUT2D eigenvalue weighted by molar-refractivity contribution is -0.140. The topological polar surface area (TPSA) is 49.4 Å². The number of hydrogen-bond donors (Lipinski definition) is 1. The molecule has 0 heterocycles. The Balaban J connectivity index is 2.39. The van der Waals surface area contributed by atoms with Gasteiger partial charge >= 0.3 is 0 Å². The Bertz CT molecular complexity index is 843. The number of carbonyl (C=O) groups is 2. The van der Waals surface area contributed by atoms with E-state index in [-0.39, 0.29) is 24.8 Å². The molecule has 2 amide bonds. The molecular weight excluding hydrogens is 407 g/mol. The van der Waals surface area contributed by atoms with Crippen molar-refractivity contribution in [2.45, 2.75) is 53.1 Å². The number of hydrogen-bond acceptors (Lipinski definition) is 2. The number of benzene rings is 2. The van der Waals surface area contributed by atoms with Crippen LogP contribution < -0.4 is 5.32 Å². The van der Waals surface area contributed by atoms with Gasteiger partial charge in [-0.05, 0) is 44.9 Å². The minimum Gasteiger partial charge on any atom is -0.355 e. The number of likely N-dealkylation sites (N-methyl/N-ethyl adjacent to an activating group) is 1. The van der Waals surface area contributed by atoms with Crippen LogP contribution in [0.2, 0.25) is 10.0 Å². The molecule has 1 atom stereocenters. The van der Waals surface area contributed by atoms with Gasteiger partial charge in [-0.25, -0.2) is 0 Å². The highest BCUT2D eigenvalue weighted by molar-refractivity contribution is 6.36. The molecule has 0 aliphatic carbocycles. The van der Waals surface area contributed by atoms with E-state index < -0.39 is 6.04 Å². The van der Waals surface area contributed by atoms with Gasteiger partial charge in [0.05, 0.1) is 6.42 Å². The summed E-state index contributed by atoms with van der Waals surface area (Å²) in [5.41, 5.74) is 3.77. The molecule has 0 bridgehead atoms. The molecule has 0 saturated carbocycles. The lowest BCUT2D eigenvalue weighted by atomic mass is 10.0. The molecule has 6 heteroatoms. The van der Waals surface area contributed by atoms with Crippen molar-refractivity contribution in [1.29, 1.82) is 0 Å². The molecule has 2 aromatic carbocycles. The molecule has 1 N–H and O–H groups in total. The highest BCUT2D eigenvalue weighted by atomic mass is 35.5. The third-order valence-electron chi connectivity index (χ3n) is 4.76. The van der Waals surface area contributed by atoms with Crippen molar-refractivity contribution in [3.8, 4) is 0 Å². The van der Waals surface area contributed by atoms with Crippen LogP contribution in [-0.4, -0.2) is 29.3 Å². The summed E-state index contributed by atoms with van der Waals surface area (Å²) in [4.78, 5) is 27.6. The van der Waals surface area contributed by atoms with Gasteiger partial charge in [0.15, 0.2) is 0 Å². The maximum Gasteiger partial charge on any atom is 0.242 e. The van der Waals surface area contributed by atoms with E-state index in [9.17, 15) is 9.59 Å². The van der Waals surface area contributed by atoms with Crippen molar-refractivity contribution < 1.29 is 9.59 Å². The van der Waals surface area contributed by atoms with E-state index in [0.29, 0.717) is 28.6 Å². The molecule has 0 saturated heterocycles. The first kappa shape index (κ1) is 23.2. The molecule has 2 rings (SSSR count). The van der Waals surface area contributed by atoms with Gasteiger partial charge in [0.1, 0.15) is 6.04 Å². The first-order chi connectivity index (χ1) is 13.8. The van der Waals surface area contributed by atoms with Crippen LogP contribution in [0.4, 0.5) is 0 Å². The number of aryl methyl sites for hydroxylation is 2. The van der Waals surface area contributed by atoms with Gasteiger partial charge in [-0.15, -0.1) is 0 Å². The van der Waals surface area contributed by atoms with Crippen molar-refractivity contribution in [1.82, 2.24) is 10.2 Å². The number of halogens is 2. The summed E-state index contributed by atoms with van der Waals surface area (Å²) in [5.74, 6) is -0.309. The predicted molar refractivity (Wildman–Crippen MR) is 119 cm³/mol. The van der Waals surface area contributed by atoms with E-state index >= 15 is 0 Å². The second kappa shape index (κ2) is 10.7. The van der Waals surface area contributed by atoms with Crippen LogP contribution in [0.1, 0.15) is 42.5 Å². The first-order valence-electron chi connectivity index (χ1n) is 9.84. The maximum absolute atomic E-state index is 13.3. The Hall–Kier alpha value is -2.04. The maximum atomic E-state index is 13.3. The van der Waals surface area contributed by atoms with E-state index in [1.165, 1.54) is 0 Å². The molecule has 0 aromatic heterocycles. The Morgan fingerprint density at radius 3 is 2.14 bits per heavy atom. The third kappa shape index (κ3) is 6.22. The third-order valence-corrected chi connectivity index (χ3v) is 5.47. The van der Waals surface area contributed by atoms with E-state index in [1.807, 2.05) is 39.8 Å². The van der Waals surface area contributed by atoms with Gasteiger partial charge in [0.2, 0.25) is 11.8 Å². The summed E-state index contributed by atoms with van der Waals surface area (Å²) in [5, 5.41) is 3.79. The zero-order valence-electron chi connectivity index (χ0n) is 17.4. The van der Waals surface area contributed by atoms with Crippen molar-refractivity contribution in [3.63, 3.8) is 0 Å². The van der Waals surface area contributed by atoms with Crippen LogP contribution >= 0.6 is 23.2 Å². The van der Waals surface area contributed by atoms with Gasteiger partial charge in [-0.3, -0.25) is 9.59 Å². The zero-order chi connectivity index (χ0) is 21.6. The second-order valence-corrected chi connectivity index (χ2v) is 8.03. The largest absolute Gasteiger partial charge is 0.355 e. The van der Waals surface area contributed by atoms with Gasteiger partial charge in [-0.2, -0.15) is 0 Å². The van der Waals surface area contributed by atoms with Crippen molar-refractivity contribution in [2.24, 2.45) is 0 Å². The predicted octanol–water partition coefficient (Wildman–Crippen LogP) is 5.10. The molecule has 2 aromatic rings. The van der Waals surface area contributed by atoms with E-state index in [4.69, 9.17) is 23.2 Å². The number of rotatable bonds is 8. The second-order valence-electron chi connectivity index (χ2n) is 7.21. The van der Waals surface area contributed by atoms with Crippen LogP contribution in [0.5, 0.6) is 0 Å². The normalized spacial score (nSPS) is 11.8. The van der Waals surface area contributed by atoms with Crippen LogP contribution in [0.3, 0.4) is 0 Å². The summed E-state index contributed by atoms with van der Waals surface area (Å²) in [7, 11) is 0. The summed E-state index contributed by atoms with van der Waals surface area (Å²) in [6, 6.07) is 10.7. The number of nitrogens with one attached hydrogen (secondary N) is 1. The summed E-state index contributed by atoms with van der Waals surface area (Å²) >= 11 is 12.7. The fourth-order valence-corrected chi connectivity index (χ4v) is 4.03. The highest BCUT2D eigenvalue weighted by Crippen LogP contribution is 2.27. The van der Waals surface area contributed by atoms with Crippen LogP contribution in [0.15, 0.2) is 36.4 Å². The quantitative estimate of drug-likeness (QED) is 0.628. The van der Waals surface area contributed by atoms with Gasteiger partial charge in [0.25, 0.3) is 0 Å². The van der Waals surface area contributed by atoms with E-state index in [2.05, 4.69) is 11.4 Å². The molecule has 1 unspecified atom stereocenters. The molecule has 0 spiro atoms. The molecule has 0 aliphatic rings. The average molecular weight is 435 g/mol. The van der Waals surface area contributed by atoms with Crippen LogP contribution in [-0.2, 0) is 22.6 Å². The molecule has 29 heavy (non-hydrogen) atoms. The smallest absolute Gasteiger partial charge is 0.242 e. The van der Waals surface area contributed by atoms with Crippen molar-refractivity contribution >= 4 is 35.0 Å².